The fourth-order valence-electron chi connectivity index (χ4n) is 5.04. The van der Waals surface area contributed by atoms with E-state index >= 15 is 0 Å². The maximum atomic E-state index is 14.3. The third kappa shape index (κ3) is 11.3. The zero-order valence-corrected chi connectivity index (χ0v) is 27.1. The van der Waals surface area contributed by atoms with Crippen LogP contribution < -0.4 is 16.8 Å². The lowest BCUT2D eigenvalue weighted by atomic mass is 9.98. The summed E-state index contributed by atoms with van der Waals surface area (Å²) in [4.78, 5) is 44.1. The molecular weight excluding hydrogens is 562 g/mol. The van der Waals surface area contributed by atoms with Crippen molar-refractivity contribution in [1.82, 2.24) is 15.1 Å². The van der Waals surface area contributed by atoms with E-state index in [0.29, 0.717) is 25.9 Å². The van der Waals surface area contributed by atoms with Crippen molar-refractivity contribution in [3.63, 3.8) is 0 Å². The Labute approximate surface area is 268 Å². The number of rotatable bonds is 16. The predicted molar refractivity (Wildman–Crippen MR) is 182 cm³/mol. The van der Waals surface area contributed by atoms with Crippen molar-refractivity contribution in [3.8, 4) is 11.1 Å². The van der Waals surface area contributed by atoms with E-state index in [1.54, 1.807) is 20.2 Å². The molecule has 0 bridgehead atoms. The first-order chi connectivity index (χ1) is 21.5. The summed E-state index contributed by atoms with van der Waals surface area (Å²) in [6, 6.07) is 26.1. The van der Waals surface area contributed by atoms with Crippen molar-refractivity contribution in [2.24, 2.45) is 11.5 Å². The molecule has 0 aromatic heterocycles. The first-order valence-electron chi connectivity index (χ1n) is 15.6. The first kappa shape index (κ1) is 35.2. The highest BCUT2D eigenvalue weighted by Gasteiger charge is 2.34. The fourth-order valence-corrected chi connectivity index (χ4v) is 5.04. The number of likely N-dealkylation sites (N-methyl/N-ethyl adjacent to an activating group) is 2. The number of amides is 3. The molecule has 0 spiro atoms. The standard InChI is InChI=1S/C37H49N5O3/c1-37(2,39)23-13-18-34(43)41(3)33(27-29-19-21-31(22-20-29)30-16-9-6-10-17-30)36(45)42(4)32(26-28-14-7-5-8-15-28)35(44)40-25-12-11-24-38/h5-10,13-22,32-33H,11-12,23-27,38-39H2,1-4H3,(H,40,44)/t32-,33-/m1/s1. The molecule has 45 heavy (non-hydrogen) atoms. The SMILES string of the molecule is CN(C(=O)C=CCC(C)(C)N)[C@H](Cc1ccc(-c2ccccc2)cc1)C(=O)N(C)[C@H](Cc1ccccc1)C(=O)NCCCCN. The van der Waals surface area contributed by atoms with E-state index in [-0.39, 0.29) is 24.1 Å². The molecule has 3 amide bonds. The number of carbonyl (C=O) groups excluding carboxylic acids is 3. The van der Waals surface area contributed by atoms with Gasteiger partial charge in [-0.3, -0.25) is 14.4 Å². The molecule has 3 rings (SSSR count). The Morgan fingerprint density at radius 3 is 1.93 bits per heavy atom. The number of nitrogens with two attached hydrogens (primary N) is 2. The quantitative estimate of drug-likeness (QED) is 0.164. The molecule has 0 unspecified atom stereocenters. The molecule has 2 atom stereocenters. The third-order valence-corrected chi connectivity index (χ3v) is 7.81. The molecule has 8 heteroatoms. The van der Waals surface area contributed by atoms with Gasteiger partial charge in [0.15, 0.2) is 0 Å². The molecule has 0 fully saturated rings. The normalized spacial score (nSPS) is 12.8. The van der Waals surface area contributed by atoms with Gasteiger partial charge in [-0.1, -0.05) is 91.0 Å². The van der Waals surface area contributed by atoms with Crippen LogP contribution in [0.4, 0.5) is 0 Å². The minimum Gasteiger partial charge on any atom is -0.354 e. The smallest absolute Gasteiger partial charge is 0.246 e. The largest absolute Gasteiger partial charge is 0.354 e. The van der Waals surface area contributed by atoms with E-state index in [4.69, 9.17) is 11.5 Å². The topological polar surface area (TPSA) is 122 Å². The lowest BCUT2D eigenvalue weighted by molar-refractivity contribution is -0.146. The van der Waals surface area contributed by atoms with Crippen LogP contribution in [0.3, 0.4) is 0 Å². The van der Waals surface area contributed by atoms with Crippen LogP contribution in [-0.4, -0.2) is 72.3 Å². The molecule has 0 radical (unpaired) electrons. The Bertz CT molecular complexity index is 1390. The average Bonchev–Trinajstić information content (AvgIpc) is 3.04. The second-order valence-electron chi connectivity index (χ2n) is 12.3. The Hall–Kier alpha value is -4.27. The van der Waals surface area contributed by atoms with Crippen molar-refractivity contribution in [1.29, 1.82) is 0 Å². The van der Waals surface area contributed by atoms with Crippen LogP contribution in [0.15, 0.2) is 97.1 Å². The van der Waals surface area contributed by atoms with Gasteiger partial charge in [-0.05, 0) is 68.0 Å². The molecule has 0 aliphatic carbocycles. The van der Waals surface area contributed by atoms with Gasteiger partial charge in [-0.25, -0.2) is 0 Å². The van der Waals surface area contributed by atoms with Crippen molar-refractivity contribution in [3.05, 3.63) is 108 Å². The summed E-state index contributed by atoms with van der Waals surface area (Å²) >= 11 is 0. The second-order valence-corrected chi connectivity index (χ2v) is 12.3. The summed E-state index contributed by atoms with van der Waals surface area (Å²) in [7, 11) is 3.28. The minimum absolute atomic E-state index is 0.239. The van der Waals surface area contributed by atoms with Gasteiger partial charge in [-0.15, -0.1) is 0 Å². The molecule has 0 heterocycles. The number of nitrogens with one attached hydrogen (secondary N) is 1. The summed E-state index contributed by atoms with van der Waals surface area (Å²) in [5.74, 6) is -0.863. The summed E-state index contributed by atoms with van der Waals surface area (Å²) in [5, 5.41) is 2.99. The number of unbranched alkanes of at least 4 members (excludes halogenated alkanes) is 1. The van der Waals surface area contributed by atoms with Gasteiger partial charge in [0.25, 0.3) is 0 Å². The Morgan fingerprint density at radius 1 is 0.778 bits per heavy atom. The number of hydrogen-bond donors (Lipinski definition) is 3. The van der Waals surface area contributed by atoms with Gasteiger partial charge < -0.3 is 26.6 Å². The maximum Gasteiger partial charge on any atom is 0.246 e. The van der Waals surface area contributed by atoms with Crippen LogP contribution in [0.1, 0.15) is 44.2 Å². The zero-order chi connectivity index (χ0) is 32.8. The summed E-state index contributed by atoms with van der Waals surface area (Å²) in [5.41, 5.74) is 15.2. The zero-order valence-electron chi connectivity index (χ0n) is 27.1. The number of hydrogen-bond acceptors (Lipinski definition) is 5. The van der Waals surface area contributed by atoms with Gasteiger partial charge in [0.05, 0.1) is 0 Å². The van der Waals surface area contributed by atoms with E-state index in [0.717, 1.165) is 35.1 Å². The van der Waals surface area contributed by atoms with E-state index in [1.807, 2.05) is 98.8 Å². The molecular formula is C37H49N5O3. The average molecular weight is 612 g/mol. The van der Waals surface area contributed by atoms with E-state index in [9.17, 15) is 14.4 Å². The summed E-state index contributed by atoms with van der Waals surface area (Å²) in [6.45, 7) is 4.80. The third-order valence-electron chi connectivity index (χ3n) is 7.81. The van der Waals surface area contributed by atoms with Gasteiger partial charge >= 0.3 is 0 Å². The lowest BCUT2D eigenvalue weighted by Gasteiger charge is -2.34. The predicted octanol–water partition coefficient (Wildman–Crippen LogP) is 4.33. The maximum absolute atomic E-state index is 14.3. The number of benzene rings is 3. The summed E-state index contributed by atoms with van der Waals surface area (Å²) in [6.07, 6.45) is 5.90. The van der Waals surface area contributed by atoms with Crippen molar-refractivity contribution in [2.75, 3.05) is 27.2 Å². The highest BCUT2D eigenvalue weighted by molar-refractivity contribution is 5.95. The van der Waals surface area contributed by atoms with E-state index in [1.165, 1.54) is 15.9 Å². The fraction of sp³-hybridized carbons (Fsp3) is 0.378. The second kappa shape index (κ2) is 17.3. The molecule has 5 N–H and O–H groups in total. The molecule has 0 aliphatic rings. The monoisotopic (exact) mass is 611 g/mol. The minimum atomic E-state index is -0.844. The van der Waals surface area contributed by atoms with E-state index < -0.39 is 17.6 Å². The Balaban J connectivity index is 1.90. The highest BCUT2D eigenvalue weighted by Crippen LogP contribution is 2.21. The van der Waals surface area contributed by atoms with Crippen LogP contribution in [0.25, 0.3) is 11.1 Å². The van der Waals surface area contributed by atoms with Crippen LogP contribution in [0, 0.1) is 0 Å². The first-order valence-corrected chi connectivity index (χ1v) is 15.6. The molecule has 0 saturated heterocycles. The number of carbonyl (C=O) groups is 3. The molecule has 240 valence electrons. The van der Waals surface area contributed by atoms with Gasteiger partial charge in [-0.2, -0.15) is 0 Å². The molecule has 3 aromatic rings. The van der Waals surface area contributed by atoms with Crippen molar-refractivity contribution in [2.45, 2.75) is 63.6 Å². The van der Waals surface area contributed by atoms with Crippen LogP contribution in [-0.2, 0) is 27.2 Å². The molecule has 0 saturated carbocycles. The highest BCUT2D eigenvalue weighted by atomic mass is 16.2. The van der Waals surface area contributed by atoms with E-state index in [2.05, 4.69) is 5.32 Å². The van der Waals surface area contributed by atoms with Gasteiger partial charge in [0, 0.05) is 39.0 Å². The van der Waals surface area contributed by atoms with Gasteiger partial charge in [0.1, 0.15) is 12.1 Å². The van der Waals surface area contributed by atoms with Gasteiger partial charge in [0.2, 0.25) is 17.7 Å². The lowest BCUT2D eigenvalue weighted by Crippen LogP contribution is -2.56. The summed E-state index contributed by atoms with van der Waals surface area (Å²) < 4.78 is 0. The van der Waals surface area contributed by atoms with Crippen molar-refractivity contribution >= 4 is 17.7 Å². The van der Waals surface area contributed by atoms with Crippen LogP contribution >= 0.6 is 0 Å². The Morgan fingerprint density at radius 2 is 1.33 bits per heavy atom. The molecule has 3 aromatic carbocycles. The number of nitrogens with zero attached hydrogens (tertiary/aromatic N) is 2. The van der Waals surface area contributed by atoms with Crippen LogP contribution in [0.5, 0.6) is 0 Å². The molecule has 8 nitrogen and oxygen atoms in total. The molecule has 0 aliphatic heterocycles. The Kier molecular flexibility index (Phi) is 13.5. The van der Waals surface area contributed by atoms with Crippen LogP contribution in [0.2, 0.25) is 0 Å². The van der Waals surface area contributed by atoms with Crippen molar-refractivity contribution < 1.29 is 14.4 Å².